The Morgan fingerprint density at radius 1 is 0.966 bits per heavy atom. The summed E-state index contributed by atoms with van der Waals surface area (Å²) in [6, 6.07) is 6.54. The van der Waals surface area contributed by atoms with Crippen LogP contribution >= 0.6 is 0 Å². The van der Waals surface area contributed by atoms with Crippen LogP contribution < -0.4 is 16.0 Å². The molecule has 1 saturated heterocycles. The zero-order valence-electron chi connectivity index (χ0n) is 35.5. The highest BCUT2D eigenvalue weighted by Gasteiger charge is 2.44. The number of carboxylic acids is 2. The van der Waals surface area contributed by atoms with E-state index in [0.717, 1.165) is 18.4 Å². The van der Waals surface area contributed by atoms with Gasteiger partial charge in [-0.15, -0.1) is 0 Å². The minimum Gasteiger partial charge on any atom is -0.480 e. The summed E-state index contributed by atoms with van der Waals surface area (Å²) >= 11 is 0. The Kier molecular flexibility index (Phi) is 21.0. The van der Waals surface area contributed by atoms with Crippen LogP contribution in [-0.2, 0) is 44.7 Å². The van der Waals surface area contributed by atoms with Gasteiger partial charge in [-0.2, -0.15) is 13.2 Å². The number of halogens is 3. The van der Waals surface area contributed by atoms with Crippen molar-refractivity contribution in [3.05, 3.63) is 35.9 Å². The highest BCUT2D eigenvalue weighted by atomic mass is 19.4. The van der Waals surface area contributed by atoms with Gasteiger partial charge in [0.1, 0.15) is 6.04 Å². The van der Waals surface area contributed by atoms with Gasteiger partial charge in [-0.3, -0.25) is 29.4 Å². The summed E-state index contributed by atoms with van der Waals surface area (Å²) in [5.41, 5.74) is -0.160. The second-order valence-corrected chi connectivity index (χ2v) is 15.6. The molecule has 4 amide bonds. The van der Waals surface area contributed by atoms with E-state index >= 15 is 0 Å². The molecule has 1 heterocycles. The molecule has 0 bridgehead atoms. The van der Waals surface area contributed by atoms with Crippen molar-refractivity contribution >= 4 is 35.6 Å². The Labute approximate surface area is 339 Å². The van der Waals surface area contributed by atoms with Gasteiger partial charge in [-0.25, -0.2) is 9.59 Å². The number of benzene rings is 1. The van der Waals surface area contributed by atoms with Crippen molar-refractivity contribution in [2.24, 2.45) is 17.8 Å². The third kappa shape index (κ3) is 14.9. The first-order chi connectivity index (χ1) is 26.9. The van der Waals surface area contributed by atoms with Gasteiger partial charge in [0, 0.05) is 33.2 Å². The van der Waals surface area contributed by atoms with Crippen molar-refractivity contribution in [3.8, 4) is 0 Å². The number of methoxy groups -OCH3 is 2. The smallest absolute Gasteiger partial charge is 0.480 e. The Morgan fingerprint density at radius 2 is 1.53 bits per heavy atom. The number of likely N-dealkylation sites (tertiary alicyclic amines) is 1. The van der Waals surface area contributed by atoms with Crippen LogP contribution in [0.5, 0.6) is 0 Å². The fraction of sp³-hybridized carbons (Fsp3) is 0.700. The number of aliphatic carboxylic acids is 2. The second-order valence-electron chi connectivity index (χ2n) is 15.6. The maximum atomic E-state index is 14.1. The lowest BCUT2D eigenvalue weighted by Crippen LogP contribution is -2.61. The third-order valence-electron chi connectivity index (χ3n) is 10.8. The van der Waals surface area contributed by atoms with Crippen molar-refractivity contribution in [1.29, 1.82) is 0 Å². The number of amides is 4. The summed E-state index contributed by atoms with van der Waals surface area (Å²) in [4.78, 5) is 78.8. The van der Waals surface area contributed by atoms with Gasteiger partial charge in [0.25, 0.3) is 0 Å². The first-order valence-electron chi connectivity index (χ1n) is 19.4. The number of carbonyl (C=O) groups excluding carboxylic acids is 4. The van der Waals surface area contributed by atoms with E-state index in [1.54, 1.807) is 39.8 Å². The lowest BCUT2D eigenvalue weighted by atomic mass is 9.87. The van der Waals surface area contributed by atoms with Gasteiger partial charge in [0.05, 0.1) is 42.2 Å². The highest BCUT2D eigenvalue weighted by Crippen LogP contribution is 2.30. The van der Waals surface area contributed by atoms with Gasteiger partial charge in [-0.05, 0) is 58.2 Å². The van der Waals surface area contributed by atoms with E-state index < -0.39 is 77.6 Å². The summed E-state index contributed by atoms with van der Waals surface area (Å²) < 4.78 is 43.6. The van der Waals surface area contributed by atoms with Crippen LogP contribution in [0.3, 0.4) is 0 Å². The monoisotopic (exact) mass is 831 g/mol. The molecular formula is C40H64F3N5O10. The molecule has 1 aromatic rings. The molecule has 58 heavy (non-hydrogen) atoms. The first kappa shape index (κ1) is 51.9. The molecule has 1 aromatic carbocycles. The third-order valence-corrected chi connectivity index (χ3v) is 10.8. The van der Waals surface area contributed by atoms with Gasteiger partial charge in [0.2, 0.25) is 23.6 Å². The fourth-order valence-electron chi connectivity index (χ4n) is 7.14. The van der Waals surface area contributed by atoms with Crippen molar-refractivity contribution in [2.75, 3.05) is 34.9 Å². The Hall–Kier alpha value is -4.13. The molecule has 0 aliphatic carbocycles. The second kappa shape index (κ2) is 23.5. The number of carbonyl (C=O) groups is 6. The zero-order chi connectivity index (χ0) is 44.7. The summed E-state index contributed by atoms with van der Waals surface area (Å²) in [5.74, 6) is -6.26. The molecule has 18 heteroatoms. The van der Waals surface area contributed by atoms with Crippen molar-refractivity contribution < 1.29 is 61.6 Å². The summed E-state index contributed by atoms with van der Waals surface area (Å²) in [6.45, 7) is 13.5. The number of ether oxygens (including phenoxy) is 2. The molecule has 0 aromatic heterocycles. The molecule has 330 valence electrons. The lowest BCUT2D eigenvalue weighted by Gasteiger charge is -2.43. The number of hydrogen-bond donors (Lipinski definition) is 5. The maximum Gasteiger partial charge on any atom is 0.490 e. The van der Waals surface area contributed by atoms with Crippen LogP contribution in [0.4, 0.5) is 13.2 Å². The molecular weight excluding hydrogens is 767 g/mol. The van der Waals surface area contributed by atoms with E-state index in [0.29, 0.717) is 13.0 Å². The minimum absolute atomic E-state index is 0.0223. The molecule has 1 aliphatic rings. The van der Waals surface area contributed by atoms with E-state index in [-0.39, 0.29) is 36.6 Å². The van der Waals surface area contributed by atoms with E-state index in [2.05, 4.69) is 22.9 Å². The number of nitrogens with one attached hydrogen (secondary N) is 3. The van der Waals surface area contributed by atoms with Crippen LogP contribution in [0.25, 0.3) is 0 Å². The topological polar surface area (TPSA) is 204 Å². The summed E-state index contributed by atoms with van der Waals surface area (Å²) in [5, 5.41) is 25.2. The summed E-state index contributed by atoms with van der Waals surface area (Å²) in [6.07, 6.45) is -4.10. The number of nitrogens with zero attached hydrogens (tertiary/aromatic N) is 2. The molecule has 0 radical (unpaired) electrons. The van der Waals surface area contributed by atoms with Crippen molar-refractivity contribution in [3.63, 3.8) is 0 Å². The Balaban J connectivity index is 0.00000219. The van der Waals surface area contributed by atoms with Gasteiger partial charge < -0.3 is 35.2 Å². The molecule has 5 N–H and O–H groups in total. The Bertz CT molecular complexity index is 1510. The quantitative estimate of drug-likeness (QED) is 0.128. The maximum absolute atomic E-state index is 14.1. The van der Waals surface area contributed by atoms with Crippen LogP contribution in [0.2, 0.25) is 0 Å². The average molecular weight is 832 g/mol. The van der Waals surface area contributed by atoms with Crippen LogP contribution in [-0.4, -0.2) is 139 Å². The Morgan fingerprint density at radius 3 is 1.98 bits per heavy atom. The number of rotatable bonds is 20. The van der Waals surface area contributed by atoms with Gasteiger partial charge in [0.15, 0.2) is 0 Å². The molecule has 0 spiro atoms. The fourth-order valence-corrected chi connectivity index (χ4v) is 7.14. The van der Waals surface area contributed by atoms with Crippen molar-refractivity contribution in [2.45, 2.75) is 129 Å². The predicted molar refractivity (Wildman–Crippen MR) is 209 cm³/mol. The van der Waals surface area contributed by atoms with Crippen LogP contribution in [0.1, 0.15) is 79.7 Å². The average Bonchev–Trinajstić information content (AvgIpc) is 3.64. The number of alkyl halides is 3. The van der Waals surface area contributed by atoms with E-state index in [1.165, 1.54) is 7.11 Å². The van der Waals surface area contributed by atoms with Crippen molar-refractivity contribution in [1.82, 2.24) is 25.8 Å². The number of likely N-dealkylation sites (N-methyl/N-ethyl adjacent to an activating group) is 2. The molecule has 1 fully saturated rings. The zero-order valence-corrected chi connectivity index (χ0v) is 35.5. The standard InChI is InChI=1S/C38H63N5O8.C2HF3O2/c1-12-24(4)32(42(9)31(23(2)3)35(46)41-37(49)38(6,7)39-8)29(50-10)22-30(44)43-20-16-19-28(43)33(51-11)25(5)34(45)40-27(36(47)48)21-26-17-14-13-15-18-26;3-2(4,5)1(6)7/h13-15,17-18,23-25,27-29,31-33,39H,12,16,19-22H2,1-11H3,(H,40,45)(H,47,48)(H,41,46,49);(H,6,7)/t24-,25+,27-,28-,29+,31-,32-,33+;/m0./s1. The predicted octanol–water partition coefficient (Wildman–Crippen LogP) is 3.49. The molecule has 1 aliphatic heterocycles. The summed E-state index contributed by atoms with van der Waals surface area (Å²) in [7, 11) is 6.56. The largest absolute Gasteiger partial charge is 0.490 e. The highest BCUT2D eigenvalue weighted by molar-refractivity contribution is 6.01. The molecule has 2 rings (SSSR count). The SMILES string of the molecule is CC[C@H](C)[C@@H]([C@@H](CC(=O)N1CCC[C@H]1[C@H](OC)[C@@H](C)C(=O)N[C@@H](Cc1ccccc1)C(=O)O)OC)N(C)[C@H](C(=O)NC(=O)C(C)(C)NC)C(C)C.O=C(O)C(F)(F)F. The molecule has 8 atom stereocenters. The lowest BCUT2D eigenvalue weighted by molar-refractivity contribution is -0.192. The number of imide groups is 1. The molecule has 15 nitrogen and oxygen atoms in total. The minimum atomic E-state index is -5.08. The first-order valence-corrected chi connectivity index (χ1v) is 19.4. The van der Waals surface area contributed by atoms with E-state index in [4.69, 9.17) is 19.4 Å². The molecule has 0 saturated carbocycles. The van der Waals surface area contributed by atoms with E-state index in [1.807, 2.05) is 63.1 Å². The van der Waals surface area contributed by atoms with Gasteiger partial charge >= 0.3 is 18.1 Å². The van der Waals surface area contributed by atoms with E-state index in [9.17, 15) is 42.3 Å². The number of carboxylic acid groups (broad SMARTS) is 2. The normalized spacial score (nSPS) is 18.2. The molecule has 0 unspecified atom stereocenters. The van der Waals surface area contributed by atoms with Crippen LogP contribution in [0, 0.1) is 17.8 Å². The van der Waals surface area contributed by atoms with Gasteiger partial charge in [-0.1, -0.05) is 71.4 Å². The van der Waals surface area contributed by atoms with Crippen LogP contribution in [0.15, 0.2) is 30.3 Å². The number of hydrogen-bond acceptors (Lipinski definition) is 10.